The maximum absolute atomic E-state index is 13.5. The molecule has 0 radical (unpaired) electrons. The van der Waals surface area contributed by atoms with Gasteiger partial charge >= 0.3 is 0 Å². The van der Waals surface area contributed by atoms with Gasteiger partial charge in [0.25, 0.3) is 17.9 Å². The molecule has 1 aliphatic carbocycles. The lowest BCUT2D eigenvalue weighted by atomic mass is 9.99. The molecule has 1 amide bonds. The van der Waals surface area contributed by atoms with E-state index in [4.69, 9.17) is 11.6 Å². The Morgan fingerprint density at radius 1 is 1.25 bits per heavy atom. The smallest absolute Gasteiger partial charge is 0.263 e. The number of carbonyl (C=O) groups is 1. The van der Waals surface area contributed by atoms with Gasteiger partial charge in [-0.1, -0.05) is 40.8 Å². The Hall–Kier alpha value is -3.39. The summed E-state index contributed by atoms with van der Waals surface area (Å²) in [6.07, 6.45) is 4.11. The molecule has 36 heavy (non-hydrogen) atoms. The fourth-order valence-corrected chi connectivity index (χ4v) is 4.92. The van der Waals surface area contributed by atoms with Gasteiger partial charge in [-0.2, -0.15) is 0 Å². The van der Waals surface area contributed by atoms with Crippen molar-refractivity contribution in [1.82, 2.24) is 14.5 Å². The molecule has 6 nitrogen and oxygen atoms in total. The number of nitrogens with one attached hydrogen (secondary N) is 1. The number of thiazole rings is 2. The van der Waals surface area contributed by atoms with Crippen LogP contribution >= 0.6 is 34.3 Å². The molecule has 11 heteroatoms. The van der Waals surface area contributed by atoms with Gasteiger partial charge in [-0.3, -0.25) is 14.9 Å². The Morgan fingerprint density at radius 2 is 2.08 bits per heavy atom. The number of amides is 1. The normalized spacial score (nSPS) is 12.9. The second-order valence-corrected chi connectivity index (χ2v) is 10.5. The van der Waals surface area contributed by atoms with Crippen LogP contribution < -0.4 is 10.9 Å². The van der Waals surface area contributed by atoms with E-state index < -0.39 is 17.9 Å². The number of aromatic nitrogens is 3. The lowest BCUT2D eigenvalue weighted by Crippen LogP contribution is -2.24. The predicted octanol–water partition coefficient (Wildman–Crippen LogP) is 6.08. The summed E-state index contributed by atoms with van der Waals surface area (Å²) < 4.78 is 28.3. The molecule has 0 atom stereocenters. The molecule has 0 bridgehead atoms. The van der Waals surface area contributed by atoms with Gasteiger partial charge in [-0.05, 0) is 25.0 Å². The van der Waals surface area contributed by atoms with Crippen molar-refractivity contribution in [2.75, 3.05) is 5.32 Å². The van der Waals surface area contributed by atoms with E-state index in [-0.39, 0.29) is 33.8 Å². The van der Waals surface area contributed by atoms with Gasteiger partial charge < -0.3 is 4.57 Å². The average molecular weight is 543 g/mol. The molecule has 3 aromatic heterocycles. The summed E-state index contributed by atoms with van der Waals surface area (Å²) >= 11 is 8.96. The van der Waals surface area contributed by atoms with Gasteiger partial charge in [0, 0.05) is 51.5 Å². The maximum Gasteiger partial charge on any atom is 0.263 e. The minimum atomic E-state index is -2.73. The quantitative estimate of drug-likeness (QED) is 0.299. The first-order chi connectivity index (χ1) is 17.4. The second-order valence-electron chi connectivity index (χ2n) is 8.06. The number of benzene rings is 1. The van der Waals surface area contributed by atoms with Crippen molar-refractivity contribution in [2.24, 2.45) is 5.92 Å². The minimum Gasteiger partial charge on any atom is -0.308 e. The van der Waals surface area contributed by atoms with Crippen molar-refractivity contribution < 1.29 is 13.6 Å². The van der Waals surface area contributed by atoms with Gasteiger partial charge in [0.1, 0.15) is 5.01 Å². The van der Waals surface area contributed by atoms with Gasteiger partial charge in [-0.25, -0.2) is 18.7 Å². The van der Waals surface area contributed by atoms with Crippen molar-refractivity contribution in [3.05, 3.63) is 84.6 Å². The summed E-state index contributed by atoms with van der Waals surface area (Å²) in [4.78, 5) is 35.3. The molecular weight excluding hydrogens is 526 g/mol. The minimum absolute atomic E-state index is 0.00970. The van der Waals surface area contributed by atoms with Crippen LogP contribution in [0, 0.1) is 17.8 Å². The highest BCUT2D eigenvalue weighted by Gasteiger charge is 2.21. The third kappa shape index (κ3) is 5.54. The number of rotatable bonds is 6. The lowest BCUT2D eigenvalue weighted by Gasteiger charge is -2.15. The first-order valence-electron chi connectivity index (χ1n) is 10.9. The SMILES string of the molecule is O=C(Nc1ncc(C#CC2CC2)s1)c1cc(=O)n(Cc2nccs2)cc1-c1cc(C(F)F)ccc1Cl. The van der Waals surface area contributed by atoms with Gasteiger partial charge in [-0.15, -0.1) is 11.3 Å². The molecule has 5 rings (SSSR count). The lowest BCUT2D eigenvalue weighted by molar-refractivity contribution is 0.102. The zero-order valence-electron chi connectivity index (χ0n) is 18.5. The maximum atomic E-state index is 13.5. The second kappa shape index (κ2) is 10.3. The molecular formula is C25H17ClF2N4O2S2. The zero-order valence-corrected chi connectivity index (χ0v) is 20.9. The first-order valence-corrected chi connectivity index (χ1v) is 12.9. The number of alkyl halides is 2. The number of anilines is 1. The first kappa shape index (κ1) is 24.3. The molecule has 3 heterocycles. The van der Waals surface area contributed by atoms with Gasteiger partial charge in [0.05, 0.1) is 23.2 Å². The van der Waals surface area contributed by atoms with Crippen LogP contribution in [-0.2, 0) is 6.54 Å². The third-order valence-corrected chi connectivity index (χ3v) is 7.32. The van der Waals surface area contributed by atoms with Crippen LogP contribution in [-0.4, -0.2) is 20.4 Å². The highest BCUT2D eigenvalue weighted by Crippen LogP contribution is 2.34. The van der Waals surface area contributed by atoms with Crippen LogP contribution in [0.1, 0.15) is 45.1 Å². The van der Waals surface area contributed by atoms with E-state index in [1.807, 2.05) is 0 Å². The molecule has 0 aliphatic heterocycles. The van der Waals surface area contributed by atoms with Crippen LogP contribution in [0.3, 0.4) is 0 Å². The Kier molecular flexibility index (Phi) is 6.96. The van der Waals surface area contributed by atoms with E-state index in [1.165, 1.54) is 57.7 Å². The summed E-state index contributed by atoms with van der Waals surface area (Å²) in [6, 6.07) is 4.97. The van der Waals surface area contributed by atoms with Crippen molar-refractivity contribution in [3.63, 3.8) is 0 Å². The Morgan fingerprint density at radius 3 is 2.81 bits per heavy atom. The molecule has 182 valence electrons. The van der Waals surface area contributed by atoms with Gasteiger partial charge in [0.15, 0.2) is 5.13 Å². The van der Waals surface area contributed by atoms with Crippen LogP contribution in [0.25, 0.3) is 11.1 Å². The van der Waals surface area contributed by atoms with Gasteiger partial charge in [0.2, 0.25) is 0 Å². The van der Waals surface area contributed by atoms with E-state index in [1.54, 1.807) is 17.8 Å². The largest absolute Gasteiger partial charge is 0.308 e. The van der Waals surface area contributed by atoms with Crippen molar-refractivity contribution in [1.29, 1.82) is 0 Å². The molecule has 0 spiro atoms. The molecule has 1 fully saturated rings. The van der Waals surface area contributed by atoms with Crippen LogP contribution in [0.4, 0.5) is 13.9 Å². The summed E-state index contributed by atoms with van der Waals surface area (Å²) in [5, 5.41) is 5.63. The molecule has 1 aliphatic rings. The van der Waals surface area contributed by atoms with Crippen LogP contribution in [0.5, 0.6) is 0 Å². The van der Waals surface area contributed by atoms with E-state index in [0.29, 0.717) is 20.9 Å². The average Bonchev–Trinajstić information content (AvgIpc) is 3.34. The highest BCUT2D eigenvalue weighted by atomic mass is 35.5. The van der Waals surface area contributed by atoms with Crippen LogP contribution in [0.15, 0.2) is 53.0 Å². The standard InChI is InChI=1S/C25H17ClF2N4O2S2/c26-20-6-4-15(23(27)28)9-17(20)19-12-32(13-21-29-7-8-35-21)22(33)10-18(19)24(34)31-25-30-11-16(36-25)5-3-14-1-2-14/h4,6-12,14,23H,1-2,13H2,(H,30,31,34). The summed E-state index contributed by atoms with van der Waals surface area (Å²) in [5.41, 5.74) is -0.263. The summed E-state index contributed by atoms with van der Waals surface area (Å²) in [5.74, 6) is 6.00. The number of hydrogen-bond acceptors (Lipinski definition) is 6. The molecule has 1 saturated carbocycles. The molecule has 0 saturated heterocycles. The fraction of sp³-hybridized carbons (Fsp3) is 0.200. The van der Waals surface area contributed by atoms with E-state index in [9.17, 15) is 18.4 Å². The van der Waals surface area contributed by atoms with E-state index >= 15 is 0 Å². The molecule has 4 aromatic rings. The Bertz CT molecular complexity index is 1550. The molecule has 1 N–H and O–H groups in total. The Labute approximate surface area is 217 Å². The topological polar surface area (TPSA) is 76.9 Å². The van der Waals surface area contributed by atoms with Crippen molar-refractivity contribution in [2.45, 2.75) is 25.8 Å². The van der Waals surface area contributed by atoms with Crippen LogP contribution in [0.2, 0.25) is 5.02 Å². The number of nitrogens with zero attached hydrogens (tertiary/aromatic N) is 3. The van der Waals surface area contributed by atoms with E-state index in [0.717, 1.165) is 12.8 Å². The number of halogens is 3. The van der Waals surface area contributed by atoms with E-state index in [2.05, 4.69) is 27.1 Å². The number of pyridine rings is 1. The molecule has 1 aromatic carbocycles. The monoisotopic (exact) mass is 542 g/mol. The third-order valence-electron chi connectivity index (χ3n) is 5.40. The summed E-state index contributed by atoms with van der Waals surface area (Å²) in [7, 11) is 0. The zero-order chi connectivity index (χ0) is 25.2. The highest BCUT2D eigenvalue weighted by molar-refractivity contribution is 7.16. The number of hydrogen-bond donors (Lipinski definition) is 1. The van der Waals surface area contributed by atoms with Crippen molar-refractivity contribution in [3.8, 4) is 23.0 Å². The van der Waals surface area contributed by atoms with Crippen molar-refractivity contribution >= 4 is 45.3 Å². The predicted molar refractivity (Wildman–Crippen MR) is 137 cm³/mol. The number of carbonyl (C=O) groups excluding carboxylic acids is 1. The fourth-order valence-electron chi connectivity index (χ4n) is 3.42. The summed E-state index contributed by atoms with van der Waals surface area (Å²) in [6.45, 7) is 0.160. The Balaban J connectivity index is 1.54. The molecule has 0 unspecified atom stereocenters.